The van der Waals surface area contributed by atoms with E-state index >= 15 is 0 Å². The van der Waals surface area contributed by atoms with Crippen LogP contribution in [0.15, 0.2) is 24.3 Å². The molecule has 1 aliphatic rings. The van der Waals surface area contributed by atoms with Gasteiger partial charge < -0.3 is 14.7 Å². The molecule has 1 aromatic rings. The summed E-state index contributed by atoms with van der Waals surface area (Å²) in [6, 6.07) is 7.76. The average Bonchev–Trinajstić information content (AvgIpc) is 2.40. The maximum absolute atomic E-state index is 10.7. The minimum absolute atomic E-state index is 0.147. The number of piperidine rings is 1. The van der Waals surface area contributed by atoms with E-state index in [9.17, 15) is 4.79 Å². The molecule has 0 spiro atoms. The molecule has 1 heterocycles. The standard InChI is InChI=1S/C15H21NO3/c1-16-10-8-13(9-11-16)19-14-5-3-2-4-12(14)6-7-15(17)18/h2-5,13H,6-11H2,1H3,(H,17,18). The lowest BCUT2D eigenvalue weighted by Crippen LogP contribution is -2.35. The first kappa shape index (κ1) is 13.9. The second-order valence-corrected chi connectivity index (χ2v) is 5.12. The number of hydrogen-bond acceptors (Lipinski definition) is 3. The van der Waals surface area contributed by atoms with E-state index in [1.54, 1.807) is 0 Å². The van der Waals surface area contributed by atoms with E-state index in [0.29, 0.717) is 6.42 Å². The van der Waals surface area contributed by atoms with Gasteiger partial charge in [-0.2, -0.15) is 0 Å². The molecule has 0 unspecified atom stereocenters. The Hall–Kier alpha value is -1.55. The molecule has 104 valence electrons. The van der Waals surface area contributed by atoms with Crippen LogP contribution in [0.2, 0.25) is 0 Å². The number of para-hydroxylation sites is 1. The van der Waals surface area contributed by atoms with Crippen LogP contribution in [0.3, 0.4) is 0 Å². The highest BCUT2D eigenvalue weighted by Gasteiger charge is 2.19. The molecule has 4 heteroatoms. The van der Waals surface area contributed by atoms with Gasteiger partial charge in [-0.15, -0.1) is 0 Å². The fourth-order valence-corrected chi connectivity index (χ4v) is 2.35. The van der Waals surface area contributed by atoms with Gasteiger partial charge in [0.15, 0.2) is 0 Å². The van der Waals surface area contributed by atoms with Crippen molar-refractivity contribution in [2.24, 2.45) is 0 Å². The molecule has 0 bridgehead atoms. The zero-order valence-corrected chi connectivity index (χ0v) is 11.3. The van der Waals surface area contributed by atoms with Gasteiger partial charge in [0.2, 0.25) is 0 Å². The fraction of sp³-hybridized carbons (Fsp3) is 0.533. The largest absolute Gasteiger partial charge is 0.490 e. The first-order valence-corrected chi connectivity index (χ1v) is 6.80. The molecular formula is C15H21NO3. The van der Waals surface area contributed by atoms with Crippen molar-refractivity contribution in [3.63, 3.8) is 0 Å². The third kappa shape index (κ3) is 4.24. The maximum atomic E-state index is 10.7. The predicted octanol–water partition coefficient (Wildman–Crippen LogP) is 2.18. The monoisotopic (exact) mass is 263 g/mol. The Bertz CT molecular complexity index is 425. The molecule has 1 N–H and O–H groups in total. The third-order valence-electron chi connectivity index (χ3n) is 3.54. The smallest absolute Gasteiger partial charge is 0.303 e. The van der Waals surface area contributed by atoms with E-state index in [4.69, 9.17) is 9.84 Å². The lowest BCUT2D eigenvalue weighted by molar-refractivity contribution is -0.136. The summed E-state index contributed by atoms with van der Waals surface area (Å²) in [6.45, 7) is 2.11. The first-order chi connectivity index (χ1) is 9.15. The van der Waals surface area contributed by atoms with Crippen LogP contribution in [0.1, 0.15) is 24.8 Å². The zero-order chi connectivity index (χ0) is 13.7. The molecule has 0 aliphatic carbocycles. The number of carboxylic acids is 1. The van der Waals surface area contributed by atoms with Gasteiger partial charge >= 0.3 is 5.97 Å². The summed E-state index contributed by atoms with van der Waals surface area (Å²) < 4.78 is 6.05. The number of ether oxygens (including phenoxy) is 1. The lowest BCUT2D eigenvalue weighted by atomic mass is 10.1. The van der Waals surface area contributed by atoms with Crippen LogP contribution in [-0.2, 0) is 11.2 Å². The molecule has 0 radical (unpaired) electrons. The average molecular weight is 263 g/mol. The molecular weight excluding hydrogens is 242 g/mol. The molecule has 4 nitrogen and oxygen atoms in total. The number of hydrogen-bond donors (Lipinski definition) is 1. The van der Waals surface area contributed by atoms with Gasteiger partial charge in [-0.1, -0.05) is 18.2 Å². The Labute approximate surface area is 114 Å². The van der Waals surface area contributed by atoms with Gasteiger partial charge in [0.25, 0.3) is 0 Å². The van der Waals surface area contributed by atoms with Crippen LogP contribution in [0.4, 0.5) is 0 Å². The van der Waals surface area contributed by atoms with Gasteiger partial charge in [-0.25, -0.2) is 0 Å². The molecule has 1 aromatic carbocycles. The molecule has 0 amide bonds. The van der Waals surface area contributed by atoms with Gasteiger partial charge in [0, 0.05) is 19.5 Å². The van der Waals surface area contributed by atoms with Crippen molar-refractivity contribution in [2.75, 3.05) is 20.1 Å². The van der Waals surface area contributed by atoms with E-state index in [2.05, 4.69) is 11.9 Å². The highest BCUT2D eigenvalue weighted by molar-refractivity contribution is 5.67. The number of rotatable bonds is 5. The zero-order valence-electron chi connectivity index (χ0n) is 11.3. The molecule has 19 heavy (non-hydrogen) atoms. The van der Waals surface area contributed by atoms with Crippen molar-refractivity contribution in [3.05, 3.63) is 29.8 Å². The fourth-order valence-electron chi connectivity index (χ4n) is 2.35. The van der Waals surface area contributed by atoms with Crippen LogP contribution >= 0.6 is 0 Å². The minimum Gasteiger partial charge on any atom is -0.490 e. The predicted molar refractivity (Wildman–Crippen MR) is 73.5 cm³/mol. The number of benzene rings is 1. The quantitative estimate of drug-likeness (QED) is 0.884. The van der Waals surface area contributed by atoms with Crippen LogP contribution < -0.4 is 4.74 Å². The van der Waals surface area contributed by atoms with Gasteiger partial charge in [0.05, 0.1) is 0 Å². The molecule has 1 aliphatic heterocycles. The highest BCUT2D eigenvalue weighted by atomic mass is 16.5. The van der Waals surface area contributed by atoms with E-state index in [1.807, 2.05) is 24.3 Å². The van der Waals surface area contributed by atoms with Crippen LogP contribution in [0, 0.1) is 0 Å². The Morgan fingerprint density at radius 1 is 1.37 bits per heavy atom. The number of aryl methyl sites for hydroxylation is 1. The normalized spacial score (nSPS) is 17.3. The van der Waals surface area contributed by atoms with Gasteiger partial charge in [0.1, 0.15) is 11.9 Å². The molecule has 1 fully saturated rings. The molecule has 0 aromatic heterocycles. The molecule has 2 rings (SSSR count). The van der Waals surface area contributed by atoms with Crippen molar-refractivity contribution >= 4 is 5.97 Å². The summed E-state index contributed by atoms with van der Waals surface area (Å²) in [7, 11) is 2.12. The molecule has 0 saturated carbocycles. The van der Waals surface area contributed by atoms with Crippen LogP contribution in [0.25, 0.3) is 0 Å². The van der Waals surface area contributed by atoms with E-state index in [-0.39, 0.29) is 12.5 Å². The Morgan fingerprint density at radius 2 is 2.05 bits per heavy atom. The maximum Gasteiger partial charge on any atom is 0.303 e. The van der Waals surface area contributed by atoms with E-state index in [1.165, 1.54) is 0 Å². The van der Waals surface area contributed by atoms with E-state index < -0.39 is 5.97 Å². The minimum atomic E-state index is -0.769. The first-order valence-electron chi connectivity index (χ1n) is 6.80. The molecule has 1 saturated heterocycles. The third-order valence-corrected chi connectivity index (χ3v) is 3.54. The number of nitrogens with zero attached hydrogens (tertiary/aromatic N) is 1. The Balaban J connectivity index is 1.97. The summed E-state index contributed by atoms with van der Waals surface area (Å²) in [5, 5.41) is 8.77. The summed E-state index contributed by atoms with van der Waals surface area (Å²) >= 11 is 0. The Morgan fingerprint density at radius 3 is 2.74 bits per heavy atom. The second-order valence-electron chi connectivity index (χ2n) is 5.12. The van der Waals surface area contributed by atoms with Crippen LogP contribution in [0.5, 0.6) is 5.75 Å². The number of carboxylic acid groups (broad SMARTS) is 1. The van der Waals surface area contributed by atoms with Crippen LogP contribution in [-0.4, -0.2) is 42.2 Å². The highest BCUT2D eigenvalue weighted by Crippen LogP contribution is 2.23. The van der Waals surface area contributed by atoms with Crippen molar-refractivity contribution in [1.82, 2.24) is 4.90 Å². The van der Waals surface area contributed by atoms with Crippen molar-refractivity contribution < 1.29 is 14.6 Å². The Kier molecular flexibility index (Phi) is 4.80. The SMILES string of the molecule is CN1CCC(Oc2ccccc2CCC(=O)O)CC1. The number of likely N-dealkylation sites (tertiary alicyclic amines) is 1. The topological polar surface area (TPSA) is 49.8 Å². The van der Waals surface area contributed by atoms with E-state index in [0.717, 1.165) is 37.2 Å². The summed E-state index contributed by atoms with van der Waals surface area (Å²) in [6.07, 6.45) is 2.99. The second kappa shape index (κ2) is 6.57. The van der Waals surface area contributed by atoms with Crippen molar-refractivity contribution in [2.45, 2.75) is 31.8 Å². The van der Waals surface area contributed by atoms with Gasteiger partial charge in [-0.05, 0) is 37.9 Å². The summed E-state index contributed by atoms with van der Waals surface area (Å²) in [5.74, 6) is 0.0763. The number of carbonyl (C=O) groups is 1. The van der Waals surface area contributed by atoms with Crippen molar-refractivity contribution in [3.8, 4) is 5.75 Å². The van der Waals surface area contributed by atoms with Crippen molar-refractivity contribution in [1.29, 1.82) is 0 Å². The molecule has 0 atom stereocenters. The summed E-state index contributed by atoms with van der Waals surface area (Å²) in [5.41, 5.74) is 0.990. The summed E-state index contributed by atoms with van der Waals surface area (Å²) in [4.78, 5) is 13.0. The lowest BCUT2D eigenvalue weighted by Gasteiger charge is -2.29. The number of aliphatic carboxylic acids is 1. The van der Waals surface area contributed by atoms with Gasteiger partial charge in [-0.3, -0.25) is 4.79 Å².